The molecule has 0 saturated heterocycles. The molecule has 0 aliphatic heterocycles. The van der Waals surface area contributed by atoms with Crippen LogP contribution in [0.2, 0.25) is 0 Å². The van der Waals surface area contributed by atoms with Crippen molar-refractivity contribution in [3.63, 3.8) is 0 Å². The van der Waals surface area contributed by atoms with Crippen LogP contribution in [-0.4, -0.2) is 44.0 Å². The Bertz CT molecular complexity index is 1770. The lowest BCUT2D eigenvalue weighted by Gasteiger charge is -2.23. The topological polar surface area (TPSA) is 84.9 Å². The van der Waals surface area contributed by atoms with Crippen LogP contribution in [-0.2, 0) is 20.7 Å². The molecule has 0 fully saturated rings. The van der Waals surface area contributed by atoms with E-state index in [4.69, 9.17) is 9.47 Å². The van der Waals surface area contributed by atoms with Gasteiger partial charge in [-0.05, 0) is 52.7 Å². The Hall–Kier alpha value is -5.43. The van der Waals surface area contributed by atoms with Crippen LogP contribution in [0.15, 0.2) is 121 Å². The van der Waals surface area contributed by atoms with Crippen LogP contribution in [0.3, 0.4) is 0 Å². The molecule has 7 heteroatoms. The third-order valence-electron chi connectivity index (χ3n) is 7.62. The summed E-state index contributed by atoms with van der Waals surface area (Å²) >= 11 is 0. The third-order valence-corrected chi connectivity index (χ3v) is 7.62. The van der Waals surface area contributed by atoms with Crippen molar-refractivity contribution in [2.75, 3.05) is 30.5 Å². The number of carbonyl (C=O) groups excluding carboxylic acids is 3. The largest absolute Gasteiger partial charge is 0.492 e. The number of amides is 1. The molecule has 228 valence electrons. The molecule has 7 nitrogen and oxygen atoms in total. The maximum atomic E-state index is 13.2. The summed E-state index contributed by atoms with van der Waals surface area (Å²) in [6.07, 6.45) is 0.726. The summed E-state index contributed by atoms with van der Waals surface area (Å²) in [5, 5.41) is 5.43. The lowest BCUT2D eigenvalue weighted by atomic mass is 10.00. The number of esters is 1. The van der Waals surface area contributed by atoms with Crippen molar-refractivity contribution in [2.45, 2.75) is 25.8 Å². The molecule has 5 aromatic rings. The number of ether oxygens (including phenoxy) is 2. The van der Waals surface area contributed by atoms with Gasteiger partial charge in [0.25, 0.3) is 0 Å². The first kappa shape index (κ1) is 31.0. The first-order valence-electron chi connectivity index (χ1n) is 15.0. The minimum Gasteiger partial charge on any atom is -0.492 e. The van der Waals surface area contributed by atoms with Crippen LogP contribution in [0.1, 0.15) is 34.8 Å². The highest BCUT2D eigenvalue weighted by Gasteiger charge is 2.23. The minimum absolute atomic E-state index is 0.0256. The van der Waals surface area contributed by atoms with Gasteiger partial charge in [-0.2, -0.15) is 0 Å². The zero-order valence-corrected chi connectivity index (χ0v) is 25.4. The minimum atomic E-state index is -0.720. The van der Waals surface area contributed by atoms with E-state index in [1.807, 2.05) is 97.9 Å². The standard InChI is InChI=1S/C38H36N2O5/c1-3-36(41)40(31-20-19-28-11-7-8-14-30(28)26-31)23-24-45-32-21-17-27(18-22-32)25-35(38(43)44-2)39-34-16-10-9-15-33(34)37(42)29-12-5-4-6-13-29/h4-22,26,35,39H,3,23-25H2,1-2H3/t35-/m0/s1. The zero-order chi connectivity index (χ0) is 31.6. The molecular weight excluding hydrogens is 564 g/mol. The summed E-state index contributed by atoms with van der Waals surface area (Å²) in [5.74, 6) is 0.107. The summed E-state index contributed by atoms with van der Waals surface area (Å²) in [6.45, 7) is 2.57. The van der Waals surface area contributed by atoms with Gasteiger partial charge in [0, 0.05) is 35.3 Å². The average Bonchev–Trinajstić information content (AvgIpc) is 3.10. The number of fused-ring (bicyclic) bond motifs is 1. The number of rotatable bonds is 13. The van der Waals surface area contributed by atoms with Gasteiger partial charge in [0.1, 0.15) is 18.4 Å². The highest BCUT2D eigenvalue weighted by atomic mass is 16.5. The van der Waals surface area contributed by atoms with E-state index < -0.39 is 12.0 Å². The maximum Gasteiger partial charge on any atom is 0.328 e. The normalized spacial score (nSPS) is 11.4. The van der Waals surface area contributed by atoms with Gasteiger partial charge in [-0.3, -0.25) is 9.59 Å². The number of hydrogen-bond acceptors (Lipinski definition) is 6. The molecule has 0 radical (unpaired) electrons. The second kappa shape index (κ2) is 14.8. The Morgan fingerprint density at radius 1 is 0.778 bits per heavy atom. The van der Waals surface area contributed by atoms with Crippen molar-refractivity contribution in [1.29, 1.82) is 0 Å². The third kappa shape index (κ3) is 7.75. The predicted molar refractivity (Wildman–Crippen MR) is 178 cm³/mol. The lowest BCUT2D eigenvalue weighted by molar-refractivity contribution is -0.141. The number of nitrogens with zero attached hydrogens (tertiary/aromatic N) is 1. The van der Waals surface area contributed by atoms with Crippen molar-refractivity contribution in [2.24, 2.45) is 0 Å². The SMILES string of the molecule is CCC(=O)N(CCOc1ccc(C[C@H](Nc2ccccc2C(=O)c2ccccc2)C(=O)OC)cc1)c1ccc2ccccc2c1. The van der Waals surface area contributed by atoms with Gasteiger partial charge in [-0.1, -0.05) is 91.9 Å². The predicted octanol–water partition coefficient (Wildman–Crippen LogP) is 7.09. The molecule has 0 aliphatic carbocycles. The summed E-state index contributed by atoms with van der Waals surface area (Å²) in [7, 11) is 1.35. The van der Waals surface area contributed by atoms with Crippen molar-refractivity contribution in [3.8, 4) is 5.75 Å². The highest BCUT2D eigenvalue weighted by molar-refractivity contribution is 6.12. The quantitative estimate of drug-likeness (QED) is 0.115. The fourth-order valence-electron chi connectivity index (χ4n) is 5.22. The van der Waals surface area contributed by atoms with E-state index in [0.717, 1.165) is 22.0 Å². The number of carbonyl (C=O) groups is 3. The van der Waals surface area contributed by atoms with E-state index >= 15 is 0 Å². The smallest absolute Gasteiger partial charge is 0.328 e. The van der Waals surface area contributed by atoms with Crippen LogP contribution >= 0.6 is 0 Å². The van der Waals surface area contributed by atoms with Crippen molar-refractivity contribution in [1.82, 2.24) is 0 Å². The molecule has 0 aromatic heterocycles. The van der Waals surface area contributed by atoms with Gasteiger partial charge >= 0.3 is 5.97 Å². The number of benzene rings is 5. The number of para-hydroxylation sites is 1. The van der Waals surface area contributed by atoms with Gasteiger partial charge < -0.3 is 19.7 Å². The Labute approximate surface area is 263 Å². The first-order valence-corrected chi connectivity index (χ1v) is 15.0. The number of methoxy groups -OCH3 is 1. The van der Waals surface area contributed by atoms with Crippen LogP contribution < -0.4 is 15.0 Å². The number of ketones is 1. The number of anilines is 2. The van der Waals surface area contributed by atoms with Crippen LogP contribution in [0.25, 0.3) is 10.8 Å². The summed E-state index contributed by atoms with van der Waals surface area (Å²) in [4.78, 5) is 40.5. The Balaban J connectivity index is 1.23. The summed E-state index contributed by atoms with van der Waals surface area (Å²) in [6, 6.07) is 37.0. The molecule has 0 saturated carbocycles. The first-order chi connectivity index (χ1) is 22.0. The number of hydrogen-bond donors (Lipinski definition) is 1. The molecule has 1 atom stereocenters. The van der Waals surface area contributed by atoms with Gasteiger partial charge in [-0.25, -0.2) is 4.79 Å². The van der Waals surface area contributed by atoms with Gasteiger partial charge in [0.05, 0.1) is 13.7 Å². The molecule has 45 heavy (non-hydrogen) atoms. The Morgan fingerprint density at radius 2 is 1.47 bits per heavy atom. The Morgan fingerprint density at radius 3 is 2.20 bits per heavy atom. The van der Waals surface area contributed by atoms with Crippen LogP contribution in [0, 0.1) is 0 Å². The average molecular weight is 601 g/mol. The molecule has 0 unspecified atom stereocenters. The highest BCUT2D eigenvalue weighted by Crippen LogP contribution is 2.24. The second-order valence-corrected chi connectivity index (χ2v) is 10.6. The molecule has 5 rings (SSSR count). The van der Waals surface area contributed by atoms with Gasteiger partial charge in [0.15, 0.2) is 5.78 Å². The molecule has 1 amide bonds. The molecule has 0 bridgehead atoms. The molecule has 0 aliphatic rings. The Kier molecular flexibility index (Phi) is 10.2. The number of nitrogens with one attached hydrogen (secondary N) is 1. The fourth-order valence-corrected chi connectivity index (χ4v) is 5.22. The summed E-state index contributed by atoms with van der Waals surface area (Å²) < 4.78 is 11.1. The zero-order valence-electron chi connectivity index (χ0n) is 25.4. The van der Waals surface area contributed by atoms with E-state index in [0.29, 0.717) is 48.6 Å². The second-order valence-electron chi connectivity index (χ2n) is 10.6. The van der Waals surface area contributed by atoms with Crippen LogP contribution in [0.5, 0.6) is 5.75 Å². The van der Waals surface area contributed by atoms with E-state index in [1.54, 1.807) is 35.2 Å². The van der Waals surface area contributed by atoms with Crippen molar-refractivity contribution in [3.05, 3.63) is 138 Å². The van der Waals surface area contributed by atoms with E-state index in [-0.39, 0.29) is 11.7 Å². The van der Waals surface area contributed by atoms with E-state index in [9.17, 15) is 14.4 Å². The van der Waals surface area contributed by atoms with Gasteiger partial charge in [0.2, 0.25) is 5.91 Å². The molecule has 0 spiro atoms. The molecule has 5 aromatic carbocycles. The molecular formula is C38H36N2O5. The fraction of sp³-hybridized carbons (Fsp3) is 0.184. The molecule has 1 N–H and O–H groups in total. The maximum absolute atomic E-state index is 13.2. The van der Waals surface area contributed by atoms with Crippen molar-refractivity contribution < 1.29 is 23.9 Å². The monoisotopic (exact) mass is 600 g/mol. The summed E-state index contributed by atoms with van der Waals surface area (Å²) in [5.41, 5.74) is 3.32. The van der Waals surface area contributed by atoms with Crippen molar-refractivity contribution >= 4 is 39.8 Å². The van der Waals surface area contributed by atoms with Gasteiger partial charge in [-0.15, -0.1) is 0 Å². The van der Waals surface area contributed by atoms with E-state index in [2.05, 4.69) is 5.32 Å². The molecule has 0 heterocycles. The van der Waals surface area contributed by atoms with E-state index in [1.165, 1.54) is 7.11 Å². The van der Waals surface area contributed by atoms with Crippen LogP contribution in [0.4, 0.5) is 11.4 Å². The lowest BCUT2D eigenvalue weighted by Crippen LogP contribution is -2.34.